The summed E-state index contributed by atoms with van der Waals surface area (Å²) in [6.07, 6.45) is 5.51. The summed E-state index contributed by atoms with van der Waals surface area (Å²) in [4.78, 5) is 12.5. The van der Waals surface area contributed by atoms with E-state index in [1.165, 1.54) is 24.0 Å². The van der Waals surface area contributed by atoms with Crippen LogP contribution in [0.3, 0.4) is 0 Å². The summed E-state index contributed by atoms with van der Waals surface area (Å²) in [5.74, 6) is 2.40. The molecule has 1 N–H and O–H groups in total. The highest BCUT2D eigenvalue weighted by Gasteiger charge is 2.33. The zero-order valence-electron chi connectivity index (χ0n) is 16.8. The number of allylic oxidation sites excluding steroid dienone is 2. The lowest BCUT2D eigenvalue weighted by Gasteiger charge is -2.35. The number of fused-ring (bicyclic) bond motifs is 3. The number of carbonyl (C=O) groups is 1. The van der Waals surface area contributed by atoms with Gasteiger partial charge in [-0.05, 0) is 54.0 Å². The van der Waals surface area contributed by atoms with Gasteiger partial charge in [-0.2, -0.15) is 0 Å². The van der Waals surface area contributed by atoms with Crippen molar-refractivity contribution < 1.29 is 14.6 Å². The molecule has 0 saturated heterocycles. The summed E-state index contributed by atoms with van der Waals surface area (Å²) in [6, 6.07) is 4.19. The maximum atomic E-state index is 12.5. The molecule has 3 nitrogen and oxygen atoms in total. The van der Waals surface area contributed by atoms with Crippen molar-refractivity contribution in [1.82, 2.24) is 0 Å². The normalized spacial score (nSPS) is 21.0. The van der Waals surface area contributed by atoms with Crippen molar-refractivity contribution in [3.05, 3.63) is 40.5 Å². The van der Waals surface area contributed by atoms with Crippen molar-refractivity contribution >= 4 is 5.78 Å². The fourth-order valence-corrected chi connectivity index (χ4v) is 3.85. The number of hydrogen-bond acceptors (Lipinski definition) is 3. The zero-order valence-corrected chi connectivity index (χ0v) is 16.8. The monoisotopic (exact) mass is 346 g/mol. The molecule has 25 heavy (non-hydrogen) atoms. The number of ether oxygens (including phenoxy) is 1. The van der Waals surface area contributed by atoms with Crippen LogP contribution < -0.4 is 4.74 Å². The van der Waals surface area contributed by atoms with Crippen molar-refractivity contribution in [2.45, 2.75) is 65.7 Å². The molecule has 0 aromatic heterocycles. The predicted octanol–water partition coefficient (Wildman–Crippen LogP) is 5.48. The zero-order chi connectivity index (χ0) is 19.1. The van der Waals surface area contributed by atoms with Crippen LogP contribution in [0, 0.1) is 5.92 Å². The van der Waals surface area contributed by atoms with Crippen molar-refractivity contribution in [3.8, 4) is 5.75 Å². The molecule has 1 unspecified atom stereocenters. The Labute approximate surface area is 153 Å². The van der Waals surface area contributed by atoms with Gasteiger partial charge in [-0.1, -0.05) is 46.6 Å². The lowest BCUT2D eigenvalue weighted by molar-refractivity contribution is 0.103. The van der Waals surface area contributed by atoms with Crippen LogP contribution in [-0.2, 0) is 0 Å². The number of carbonyl (C=O) groups excluding carboxylic acids is 1. The molecule has 0 amide bonds. The average molecular weight is 347 g/mol. The molecule has 3 rings (SSSR count). The van der Waals surface area contributed by atoms with E-state index in [0.717, 1.165) is 30.4 Å². The van der Waals surface area contributed by atoms with Gasteiger partial charge in [-0.15, -0.1) is 0 Å². The Morgan fingerprint density at radius 2 is 1.80 bits per heavy atom. The second-order valence-electron chi connectivity index (χ2n) is 6.73. The third-order valence-electron chi connectivity index (χ3n) is 5.06. The van der Waals surface area contributed by atoms with Gasteiger partial charge in [0.25, 0.3) is 0 Å². The molecule has 0 heterocycles. The van der Waals surface area contributed by atoms with Crippen LogP contribution in [0.1, 0.15) is 87.2 Å². The van der Waals surface area contributed by atoms with Crippen LogP contribution in [0.4, 0.5) is 0 Å². The first-order valence-corrected chi connectivity index (χ1v) is 9.45. The third-order valence-corrected chi connectivity index (χ3v) is 5.06. The van der Waals surface area contributed by atoms with Gasteiger partial charge < -0.3 is 9.84 Å². The summed E-state index contributed by atoms with van der Waals surface area (Å²) in [5, 5.41) is 7.00. The van der Waals surface area contributed by atoms with E-state index in [2.05, 4.69) is 32.9 Å². The van der Waals surface area contributed by atoms with Crippen LogP contribution in [0.25, 0.3) is 0 Å². The van der Waals surface area contributed by atoms with Gasteiger partial charge in [-0.3, -0.25) is 4.79 Å². The Bertz CT molecular complexity index is 614. The number of aliphatic hydroxyl groups excluding tert-OH is 1. The average Bonchev–Trinajstić information content (AvgIpc) is 2.65. The number of benzene rings is 1. The molecule has 1 aromatic carbocycles. The number of methoxy groups -OCH3 is 1. The Morgan fingerprint density at radius 1 is 1.16 bits per heavy atom. The van der Waals surface area contributed by atoms with Gasteiger partial charge in [0.05, 0.1) is 7.11 Å². The van der Waals surface area contributed by atoms with Crippen LogP contribution in [0.15, 0.2) is 23.8 Å². The minimum absolute atomic E-state index is 0.176. The Morgan fingerprint density at radius 3 is 2.36 bits per heavy atom. The van der Waals surface area contributed by atoms with Gasteiger partial charge in [-0.25, -0.2) is 0 Å². The summed E-state index contributed by atoms with van der Waals surface area (Å²) in [6.45, 7) is 10.5. The maximum absolute atomic E-state index is 12.5. The smallest absolute Gasteiger partial charge is 0.186 e. The molecule has 3 heteroatoms. The van der Waals surface area contributed by atoms with E-state index in [9.17, 15) is 4.79 Å². The minimum Gasteiger partial charge on any atom is -0.496 e. The molecule has 2 atom stereocenters. The molecule has 1 fully saturated rings. The fraction of sp³-hybridized carbons (Fsp3) is 0.591. The second kappa shape index (κ2) is 9.76. The first-order valence-electron chi connectivity index (χ1n) is 9.45. The van der Waals surface area contributed by atoms with Crippen LogP contribution >= 0.6 is 0 Å². The molecule has 1 saturated carbocycles. The molecular formula is C22H34O3. The van der Waals surface area contributed by atoms with Gasteiger partial charge >= 0.3 is 0 Å². The van der Waals surface area contributed by atoms with E-state index in [-0.39, 0.29) is 5.78 Å². The second-order valence-corrected chi connectivity index (χ2v) is 6.73. The summed E-state index contributed by atoms with van der Waals surface area (Å²) >= 11 is 0. The van der Waals surface area contributed by atoms with E-state index in [1.54, 1.807) is 7.11 Å². The number of rotatable bonds is 2. The molecule has 2 aliphatic carbocycles. The minimum atomic E-state index is 0.176. The number of aliphatic hydroxyl groups is 1. The van der Waals surface area contributed by atoms with E-state index in [0.29, 0.717) is 17.8 Å². The lowest BCUT2D eigenvalue weighted by atomic mass is 9.69. The highest BCUT2D eigenvalue weighted by Crippen LogP contribution is 2.46. The van der Waals surface area contributed by atoms with Crippen molar-refractivity contribution in [1.29, 1.82) is 0 Å². The van der Waals surface area contributed by atoms with Gasteiger partial charge in [0.15, 0.2) is 5.78 Å². The quantitative estimate of drug-likeness (QED) is 0.771. The molecule has 140 valence electrons. The number of ketones is 1. The summed E-state index contributed by atoms with van der Waals surface area (Å²) in [7, 11) is 2.72. The Hall–Kier alpha value is -1.61. The topological polar surface area (TPSA) is 46.5 Å². The van der Waals surface area contributed by atoms with E-state index in [4.69, 9.17) is 9.84 Å². The van der Waals surface area contributed by atoms with Gasteiger partial charge in [0.2, 0.25) is 0 Å². The predicted molar refractivity (Wildman–Crippen MR) is 105 cm³/mol. The standard InChI is InChI=1S/C19H24O2.C2H6.CH4O/c1-11(2)14-8-17-16(10-19(14)21-4)13-7-5-6-12(3)15(13)9-18(17)20;2*1-2/h8-13H,5-7H2,1-4H3;1-2H3;2H,1H3/t12-,13?;;/m1../s1. The maximum Gasteiger partial charge on any atom is 0.186 e. The van der Waals surface area contributed by atoms with Crippen LogP contribution in [-0.4, -0.2) is 25.1 Å². The molecule has 0 radical (unpaired) electrons. The lowest BCUT2D eigenvalue weighted by Crippen LogP contribution is -2.23. The van der Waals surface area contributed by atoms with Gasteiger partial charge in [0.1, 0.15) is 5.75 Å². The molecule has 0 bridgehead atoms. The van der Waals surface area contributed by atoms with E-state index in [1.807, 2.05) is 19.9 Å². The Kier molecular flexibility index (Phi) is 8.37. The molecule has 1 aromatic rings. The van der Waals surface area contributed by atoms with Crippen molar-refractivity contribution in [3.63, 3.8) is 0 Å². The van der Waals surface area contributed by atoms with E-state index < -0.39 is 0 Å². The van der Waals surface area contributed by atoms with Crippen LogP contribution in [0.5, 0.6) is 5.75 Å². The van der Waals surface area contributed by atoms with Gasteiger partial charge in [0, 0.05) is 18.6 Å². The Balaban J connectivity index is 0.000000730. The fourth-order valence-electron chi connectivity index (χ4n) is 3.85. The highest BCUT2D eigenvalue weighted by atomic mass is 16.5. The summed E-state index contributed by atoms with van der Waals surface area (Å²) < 4.78 is 5.58. The van der Waals surface area contributed by atoms with Crippen molar-refractivity contribution in [2.75, 3.05) is 14.2 Å². The van der Waals surface area contributed by atoms with Crippen molar-refractivity contribution in [2.24, 2.45) is 5.92 Å². The number of hydrogen-bond donors (Lipinski definition) is 1. The largest absolute Gasteiger partial charge is 0.496 e. The first kappa shape index (κ1) is 21.4. The molecule has 0 aliphatic heterocycles. The molecule has 0 spiro atoms. The SMILES string of the molecule is CC.CO.COc1cc2c(cc1C(C)C)C(=O)C=C1C2CCC[C@H]1C. The third kappa shape index (κ3) is 4.33. The highest BCUT2D eigenvalue weighted by molar-refractivity contribution is 6.08. The summed E-state index contributed by atoms with van der Waals surface area (Å²) in [5.41, 5.74) is 4.54. The molecule has 2 aliphatic rings. The van der Waals surface area contributed by atoms with Crippen LogP contribution in [0.2, 0.25) is 0 Å². The van der Waals surface area contributed by atoms with E-state index >= 15 is 0 Å². The molecular weight excluding hydrogens is 312 g/mol. The first-order chi connectivity index (χ1) is 12.0.